The van der Waals surface area contributed by atoms with E-state index in [0.717, 1.165) is 11.3 Å². The molecule has 0 aromatic heterocycles. The quantitative estimate of drug-likeness (QED) is 0.468. The van der Waals surface area contributed by atoms with Crippen molar-refractivity contribution >= 4 is 23.6 Å². The Kier molecular flexibility index (Phi) is 5.41. The van der Waals surface area contributed by atoms with Crippen LogP contribution in [0.15, 0.2) is 54.6 Å². The van der Waals surface area contributed by atoms with E-state index in [1.165, 1.54) is 6.08 Å². The van der Waals surface area contributed by atoms with Crippen molar-refractivity contribution in [1.29, 1.82) is 0 Å². The van der Waals surface area contributed by atoms with Gasteiger partial charge in [0, 0.05) is 11.1 Å². The first-order valence-electron chi connectivity index (χ1n) is 6.55. The molecule has 0 N–H and O–H groups in total. The second kappa shape index (κ2) is 7.50. The topological polar surface area (TPSA) is 35.5 Å². The van der Waals surface area contributed by atoms with Crippen molar-refractivity contribution in [3.05, 3.63) is 65.2 Å². The molecule has 0 radical (unpaired) electrons. The number of hydrogen-bond acceptors (Lipinski definition) is 3. The van der Waals surface area contributed by atoms with Gasteiger partial charge in [-0.15, -0.1) is 0 Å². The molecule has 2 aromatic rings. The average molecular weight is 303 g/mol. The van der Waals surface area contributed by atoms with Gasteiger partial charge in [0.25, 0.3) is 0 Å². The van der Waals surface area contributed by atoms with E-state index in [9.17, 15) is 4.79 Å². The fourth-order valence-electron chi connectivity index (χ4n) is 1.69. The van der Waals surface area contributed by atoms with Crippen molar-refractivity contribution in [3.63, 3.8) is 0 Å². The first-order valence-corrected chi connectivity index (χ1v) is 6.93. The molecular formula is C17H15ClO3. The molecule has 2 rings (SSSR count). The van der Waals surface area contributed by atoms with E-state index in [0.29, 0.717) is 17.4 Å². The molecule has 0 atom stereocenters. The molecule has 0 bridgehead atoms. The van der Waals surface area contributed by atoms with Gasteiger partial charge < -0.3 is 9.47 Å². The second-order valence-electron chi connectivity index (χ2n) is 4.21. The summed E-state index contributed by atoms with van der Waals surface area (Å²) in [4.78, 5) is 11.7. The van der Waals surface area contributed by atoms with Gasteiger partial charge >= 0.3 is 5.97 Å². The molecule has 21 heavy (non-hydrogen) atoms. The van der Waals surface area contributed by atoms with Crippen molar-refractivity contribution in [2.24, 2.45) is 0 Å². The summed E-state index contributed by atoms with van der Waals surface area (Å²) >= 11 is 5.82. The first kappa shape index (κ1) is 15.1. The number of carbonyl (C=O) groups is 1. The highest BCUT2D eigenvalue weighted by Crippen LogP contribution is 2.17. The van der Waals surface area contributed by atoms with E-state index in [2.05, 4.69) is 0 Å². The van der Waals surface area contributed by atoms with E-state index in [1.807, 2.05) is 31.2 Å². The summed E-state index contributed by atoms with van der Waals surface area (Å²) in [7, 11) is 0. The van der Waals surface area contributed by atoms with Crippen LogP contribution < -0.4 is 9.47 Å². The summed E-state index contributed by atoms with van der Waals surface area (Å²) in [5.41, 5.74) is 0.890. The van der Waals surface area contributed by atoms with Gasteiger partial charge in [-0.05, 0) is 48.9 Å². The van der Waals surface area contributed by atoms with Crippen LogP contribution in [-0.4, -0.2) is 12.6 Å². The van der Waals surface area contributed by atoms with Crippen LogP contribution in [0.1, 0.15) is 12.5 Å². The predicted octanol–water partition coefficient (Wildman–Crippen LogP) is 4.36. The lowest BCUT2D eigenvalue weighted by Crippen LogP contribution is -2.03. The molecule has 4 heteroatoms. The number of benzene rings is 2. The standard InChI is InChI=1S/C17H15ClO3/c1-2-20-15-9-6-13(7-10-15)8-11-17(19)21-16-5-3-4-14(18)12-16/h3-12H,2H2,1H3/b11-8+. The molecule has 3 nitrogen and oxygen atoms in total. The van der Waals surface area contributed by atoms with Crippen molar-refractivity contribution in [2.75, 3.05) is 6.61 Å². The zero-order valence-corrected chi connectivity index (χ0v) is 12.3. The smallest absolute Gasteiger partial charge is 0.336 e. The Balaban J connectivity index is 1.95. The van der Waals surface area contributed by atoms with Crippen LogP contribution in [0, 0.1) is 0 Å². The highest BCUT2D eigenvalue weighted by Gasteiger charge is 2.01. The maximum Gasteiger partial charge on any atom is 0.336 e. The Morgan fingerprint density at radius 2 is 1.90 bits per heavy atom. The minimum atomic E-state index is -0.453. The number of carbonyl (C=O) groups excluding carboxylic acids is 1. The van der Waals surface area contributed by atoms with E-state index in [-0.39, 0.29) is 0 Å². The normalized spacial score (nSPS) is 10.6. The Morgan fingerprint density at radius 3 is 2.57 bits per heavy atom. The summed E-state index contributed by atoms with van der Waals surface area (Å²) in [6, 6.07) is 14.1. The monoisotopic (exact) mass is 302 g/mol. The van der Waals surface area contributed by atoms with Gasteiger partial charge in [0.2, 0.25) is 0 Å². The summed E-state index contributed by atoms with van der Waals surface area (Å²) < 4.78 is 10.5. The number of rotatable bonds is 5. The lowest BCUT2D eigenvalue weighted by molar-refractivity contribution is -0.128. The first-order chi connectivity index (χ1) is 10.2. The summed E-state index contributed by atoms with van der Waals surface area (Å²) in [5.74, 6) is 0.770. The van der Waals surface area contributed by atoms with Crippen molar-refractivity contribution in [2.45, 2.75) is 6.92 Å². The highest BCUT2D eigenvalue weighted by molar-refractivity contribution is 6.30. The Morgan fingerprint density at radius 1 is 1.14 bits per heavy atom. The Labute approximate surface area is 128 Å². The molecule has 0 amide bonds. The van der Waals surface area contributed by atoms with Crippen molar-refractivity contribution in [3.8, 4) is 11.5 Å². The minimum absolute atomic E-state index is 0.420. The van der Waals surface area contributed by atoms with Gasteiger partial charge in [-0.3, -0.25) is 0 Å². The maximum atomic E-state index is 11.7. The lowest BCUT2D eigenvalue weighted by Gasteiger charge is -2.03. The van der Waals surface area contributed by atoms with Crippen LogP contribution in [0.3, 0.4) is 0 Å². The molecule has 0 aliphatic heterocycles. The predicted molar refractivity (Wildman–Crippen MR) is 83.7 cm³/mol. The number of halogens is 1. The van der Waals surface area contributed by atoms with Crippen LogP contribution in [0.5, 0.6) is 11.5 Å². The lowest BCUT2D eigenvalue weighted by atomic mass is 10.2. The number of hydrogen-bond donors (Lipinski definition) is 0. The average Bonchev–Trinajstić information content (AvgIpc) is 2.47. The third-order valence-electron chi connectivity index (χ3n) is 2.62. The van der Waals surface area contributed by atoms with Gasteiger partial charge in [0.05, 0.1) is 6.61 Å². The number of ether oxygens (including phenoxy) is 2. The third-order valence-corrected chi connectivity index (χ3v) is 2.85. The van der Waals surface area contributed by atoms with Gasteiger partial charge in [0.15, 0.2) is 0 Å². The molecule has 0 saturated heterocycles. The van der Waals surface area contributed by atoms with Crippen LogP contribution in [0.25, 0.3) is 6.08 Å². The fourth-order valence-corrected chi connectivity index (χ4v) is 1.87. The van der Waals surface area contributed by atoms with Gasteiger partial charge in [0.1, 0.15) is 11.5 Å². The van der Waals surface area contributed by atoms with E-state index >= 15 is 0 Å². The highest BCUT2D eigenvalue weighted by atomic mass is 35.5. The minimum Gasteiger partial charge on any atom is -0.494 e. The number of esters is 1. The van der Waals surface area contributed by atoms with E-state index in [4.69, 9.17) is 21.1 Å². The van der Waals surface area contributed by atoms with E-state index < -0.39 is 5.97 Å². The SMILES string of the molecule is CCOc1ccc(/C=C/C(=O)Oc2cccc(Cl)c2)cc1. The Bertz CT molecular complexity index is 633. The molecule has 0 aliphatic rings. The van der Waals surface area contributed by atoms with Crippen LogP contribution in [0.2, 0.25) is 5.02 Å². The molecule has 0 unspecified atom stereocenters. The van der Waals surface area contributed by atoms with Crippen LogP contribution in [0.4, 0.5) is 0 Å². The Hall–Kier alpha value is -2.26. The zero-order valence-electron chi connectivity index (χ0n) is 11.6. The summed E-state index contributed by atoms with van der Waals surface area (Å²) in [6.45, 7) is 2.56. The summed E-state index contributed by atoms with van der Waals surface area (Å²) in [5, 5.41) is 0.524. The molecule has 0 aliphatic carbocycles. The zero-order chi connectivity index (χ0) is 15.1. The summed E-state index contributed by atoms with van der Waals surface area (Å²) in [6.07, 6.45) is 3.05. The van der Waals surface area contributed by atoms with Gasteiger partial charge in [-0.1, -0.05) is 29.8 Å². The molecule has 0 fully saturated rings. The fraction of sp³-hybridized carbons (Fsp3) is 0.118. The molecule has 108 valence electrons. The molecule has 0 spiro atoms. The van der Waals surface area contributed by atoms with Gasteiger partial charge in [-0.25, -0.2) is 4.79 Å². The molecule has 0 saturated carbocycles. The molecular weight excluding hydrogens is 288 g/mol. The molecule has 0 heterocycles. The van der Waals surface area contributed by atoms with Crippen LogP contribution >= 0.6 is 11.6 Å². The second-order valence-corrected chi connectivity index (χ2v) is 4.65. The maximum absolute atomic E-state index is 11.7. The molecule has 2 aromatic carbocycles. The van der Waals surface area contributed by atoms with Crippen LogP contribution in [-0.2, 0) is 4.79 Å². The van der Waals surface area contributed by atoms with Crippen molar-refractivity contribution in [1.82, 2.24) is 0 Å². The van der Waals surface area contributed by atoms with Gasteiger partial charge in [-0.2, -0.15) is 0 Å². The van der Waals surface area contributed by atoms with E-state index in [1.54, 1.807) is 30.3 Å². The largest absolute Gasteiger partial charge is 0.494 e. The third kappa shape index (κ3) is 4.97. The van der Waals surface area contributed by atoms with Crippen molar-refractivity contribution < 1.29 is 14.3 Å².